The van der Waals surface area contributed by atoms with Gasteiger partial charge in [0, 0.05) is 32.0 Å². The molecule has 0 aromatic carbocycles. The van der Waals surface area contributed by atoms with Crippen molar-refractivity contribution in [3.8, 4) is 0 Å². The van der Waals surface area contributed by atoms with E-state index in [4.69, 9.17) is 0 Å². The molecule has 2 unspecified atom stereocenters. The average Bonchev–Trinajstić information content (AvgIpc) is 2.37. The summed E-state index contributed by atoms with van der Waals surface area (Å²) < 4.78 is 13.5. The molecule has 4 N–H and O–H groups in total. The lowest BCUT2D eigenvalue weighted by Crippen LogP contribution is -2.44. The van der Waals surface area contributed by atoms with Gasteiger partial charge in [0.1, 0.15) is 0 Å². The molecule has 9 nitrogen and oxygen atoms in total. The first-order valence-corrected chi connectivity index (χ1v) is 7.61. The number of aliphatic hydroxyl groups is 1. The van der Waals surface area contributed by atoms with Gasteiger partial charge in [0.25, 0.3) is 5.56 Å². The summed E-state index contributed by atoms with van der Waals surface area (Å²) in [6.07, 6.45) is 1.70. The summed E-state index contributed by atoms with van der Waals surface area (Å²) in [7, 11) is -4.44. The molecule has 1 aromatic rings. The second-order valence-corrected chi connectivity index (χ2v) is 6.43. The minimum atomic E-state index is -4.44. The Balaban J connectivity index is 2.33. The summed E-state index contributed by atoms with van der Waals surface area (Å²) in [4.78, 5) is 43.3. The fourth-order valence-electron chi connectivity index (χ4n) is 2.41. The van der Waals surface area contributed by atoms with Gasteiger partial charge in [0.2, 0.25) is 0 Å². The van der Waals surface area contributed by atoms with Gasteiger partial charge < -0.3 is 14.9 Å². The van der Waals surface area contributed by atoms with Gasteiger partial charge in [-0.25, -0.2) is 14.0 Å². The van der Waals surface area contributed by atoms with Crippen LogP contribution in [0.3, 0.4) is 0 Å². The minimum Gasteiger partial charge on any atom is -0.396 e. The third kappa shape index (κ3) is 3.25. The van der Waals surface area contributed by atoms with Crippen molar-refractivity contribution in [2.75, 3.05) is 19.7 Å². The standard InChI is InChI=1S/C10H16N3O6P/c14-6-7-3-8(5-12(4-7)20(17,18)19)13-2-1-9(15)11-10(13)16/h1-2,7-8,14H,3-6H2,(H,11,15,16)(H2,17,18,19). The number of hydrogen-bond donors (Lipinski definition) is 4. The van der Waals surface area contributed by atoms with Crippen molar-refractivity contribution in [2.45, 2.75) is 12.5 Å². The lowest BCUT2D eigenvalue weighted by Gasteiger charge is -2.37. The van der Waals surface area contributed by atoms with E-state index in [1.54, 1.807) is 0 Å². The maximum absolute atomic E-state index is 11.7. The highest BCUT2D eigenvalue weighted by molar-refractivity contribution is 7.49. The van der Waals surface area contributed by atoms with Crippen molar-refractivity contribution >= 4 is 7.75 Å². The van der Waals surface area contributed by atoms with Gasteiger partial charge in [-0.1, -0.05) is 0 Å². The average molecular weight is 305 g/mol. The molecule has 0 aliphatic carbocycles. The normalized spacial score (nSPS) is 24.8. The Hall–Kier alpha value is -1.25. The van der Waals surface area contributed by atoms with Crippen LogP contribution in [0.25, 0.3) is 0 Å². The lowest BCUT2D eigenvalue weighted by atomic mass is 9.96. The Morgan fingerprint density at radius 2 is 2.05 bits per heavy atom. The summed E-state index contributed by atoms with van der Waals surface area (Å²) in [5.74, 6) is -0.347. The number of aliphatic hydroxyl groups excluding tert-OH is 1. The number of nitrogens with zero attached hydrogens (tertiary/aromatic N) is 2. The molecule has 0 amide bonds. The fourth-order valence-corrected chi connectivity index (χ4v) is 3.26. The van der Waals surface area contributed by atoms with Crippen LogP contribution >= 0.6 is 7.75 Å². The van der Waals surface area contributed by atoms with E-state index in [-0.39, 0.29) is 25.6 Å². The van der Waals surface area contributed by atoms with Crippen molar-refractivity contribution < 1.29 is 19.5 Å². The predicted molar refractivity (Wildman–Crippen MR) is 69.2 cm³/mol. The molecular weight excluding hydrogens is 289 g/mol. The van der Waals surface area contributed by atoms with Crippen molar-refractivity contribution in [1.82, 2.24) is 14.2 Å². The van der Waals surface area contributed by atoms with Crippen LogP contribution in [0.2, 0.25) is 0 Å². The van der Waals surface area contributed by atoms with Gasteiger partial charge in [-0.2, -0.15) is 0 Å². The van der Waals surface area contributed by atoms with Crippen LogP contribution in [-0.2, 0) is 4.57 Å². The van der Waals surface area contributed by atoms with Crippen molar-refractivity contribution in [3.05, 3.63) is 33.1 Å². The Bertz CT molecular complexity index is 634. The van der Waals surface area contributed by atoms with E-state index >= 15 is 0 Å². The van der Waals surface area contributed by atoms with E-state index in [0.29, 0.717) is 6.42 Å². The number of rotatable bonds is 3. The Morgan fingerprint density at radius 3 is 2.60 bits per heavy atom. The molecule has 0 saturated carbocycles. The molecule has 1 aliphatic heterocycles. The number of H-pyrrole nitrogens is 1. The zero-order valence-electron chi connectivity index (χ0n) is 10.5. The van der Waals surface area contributed by atoms with E-state index in [2.05, 4.69) is 4.98 Å². The van der Waals surface area contributed by atoms with Crippen LogP contribution in [0.4, 0.5) is 0 Å². The van der Waals surface area contributed by atoms with Crippen LogP contribution in [0.5, 0.6) is 0 Å². The van der Waals surface area contributed by atoms with Gasteiger partial charge in [-0.15, -0.1) is 0 Å². The molecule has 112 valence electrons. The molecule has 1 aliphatic rings. The SMILES string of the molecule is O=c1ccn(C2CC(CO)CN(P(=O)(O)O)C2)c(=O)[nH]1. The Labute approximate surface area is 113 Å². The largest absolute Gasteiger partial charge is 0.403 e. The fraction of sp³-hybridized carbons (Fsp3) is 0.600. The smallest absolute Gasteiger partial charge is 0.396 e. The molecule has 2 heterocycles. The van der Waals surface area contributed by atoms with Crippen LogP contribution in [0, 0.1) is 5.92 Å². The highest BCUT2D eigenvalue weighted by atomic mass is 31.2. The van der Waals surface area contributed by atoms with Gasteiger partial charge in [0.05, 0.1) is 6.04 Å². The maximum atomic E-state index is 11.7. The van der Waals surface area contributed by atoms with E-state index in [1.807, 2.05) is 0 Å². The summed E-state index contributed by atoms with van der Waals surface area (Å²) in [6, 6.07) is 0.657. The zero-order chi connectivity index (χ0) is 14.9. The molecular formula is C10H16N3O6P. The van der Waals surface area contributed by atoms with Crippen LogP contribution < -0.4 is 11.2 Å². The zero-order valence-corrected chi connectivity index (χ0v) is 11.4. The van der Waals surface area contributed by atoms with E-state index < -0.39 is 25.0 Å². The minimum absolute atomic E-state index is 0.0211. The third-order valence-electron chi connectivity index (χ3n) is 3.37. The molecule has 20 heavy (non-hydrogen) atoms. The molecule has 1 fully saturated rings. The van der Waals surface area contributed by atoms with Gasteiger partial charge in [0.15, 0.2) is 0 Å². The second kappa shape index (κ2) is 5.63. The number of nitrogens with one attached hydrogen (secondary N) is 1. The molecule has 0 radical (unpaired) electrons. The maximum Gasteiger partial charge on any atom is 0.403 e. The number of piperidine rings is 1. The molecule has 2 rings (SSSR count). The molecule has 1 saturated heterocycles. The first kappa shape index (κ1) is 15.1. The summed E-state index contributed by atoms with van der Waals surface area (Å²) in [6.45, 7) is -0.187. The van der Waals surface area contributed by atoms with E-state index in [1.165, 1.54) is 16.8 Å². The van der Waals surface area contributed by atoms with Gasteiger partial charge >= 0.3 is 13.4 Å². The lowest BCUT2D eigenvalue weighted by molar-refractivity contribution is 0.113. The predicted octanol–water partition coefficient (Wildman–Crippen LogP) is -1.52. The number of aromatic amines is 1. The van der Waals surface area contributed by atoms with E-state index in [0.717, 1.165) is 4.67 Å². The van der Waals surface area contributed by atoms with Crippen LogP contribution in [0.15, 0.2) is 21.9 Å². The molecule has 0 bridgehead atoms. The quantitative estimate of drug-likeness (QED) is 0.498. The summed E-state index contributed by atoms with van der Waals surface area (Å²) in [5, 5.41) is 9.23. The monoisotopic (exact) mass is 305 g/mol. The Kier molecular flexibility index (Phi) is 4.26. The van der Waals surface area contributed by atoms with Crippen LogP contribution in [-0.4, -0.2) is 48.8 Å². The van der Waals surface area contributed by atoms with E-state index in [9.17, 15) is 29.0 Å². The molecule has 1 aromatic heterocycles. The first-order valence-electron chi connectivity index (χ1n) is 6.04. The van der Waals surface area contributed by atoms with Gasteiger partial charge in [-0.3, -0.25) is 14.3 Å². The Morgan fingerprint density at radius 1 is 1.35 bits per heavy atom. The van der Waals surface area contributed by atoms with Crippen molar-refractivity contribution in [2.24, 2.45) is 5.92 Å². The topological polar surface area (TPSA) is 136 Å². The highest BCUT2D eigenvalue weighted by Crippen LogP contribution is 2.44. The summed E-state index contributed by atoms with van der Waals surface area (Å²) in [5.41, 5.74) is -1.17. The van der Waals surface area contributed by atoms with Crippen molar-refractivity contribution in [1.29, 1.82) is 0 Å². The first-order chi connectivity index (χ1) is 9.31. The van der Waals surface area contributed by atoms with Crippen molar-refractivity contribution in [3.63, 3.8) is 0 Å². The summed E-state index contributed by atoms with van der Waals surface area (Å²) >= 11 is 0. The second-order valence-electron chi connectivity index (χ2n) is 4.84. The molecule has 2 atom stereocenters. The highest BCUT2D eigenvalue weighted by Gasteiger charge is 2.36. The van der Waals surface area contributed by atoms with Crippen LogP contribution in [0.1, 0.15) is 12.5 Å². The van der Waals surface area contributed by atoms with Gasteiger partial charge in [-0.05, 0) is 12.3 Å². The number of hydrogen-bond acceptors (Lipinski definition) is 4. The molecule has 0 spiro atoms. The third-order valence-corrected chi connectivity index (χ3v) is 4.43. The molecule has 10 heteroatoms. The number of aromatic nitrogens is 2.